The van der Waals surface area contributed by atoms with Crippen LogP contribution in [0.4, 0.5) is 5.69 Å². The maximum Gasteiger partial charge on any atom is 0.261 e. The summed E-state index contributed by atoms with van der Waals surface area (Å²) in [7, 11) is -3.74. The Labute approximate surface area is 183 Å². The molecule has 3 aromatic carbocycles. The molecule has 0 aliphatic heterocycles. The molecule has 3 aromatic rings. The van der Waals surface area contributed by atoms with E-state index in [4.69, 9.17) is 4.74 Å². The maximum atomic E-state index is 12.6. The van der Waals surface area contributed by atoms with E-state index in [0.29, 0.717) is 24.4 Å². The molecule has 31 heavy (non-hydrogen) atoms. The topological polar surface area (TPSA) is 84.5 Å². The van der Waals surface area contributed by atoms with E-state index in [9.17, 15) is 13.2 Å². The number of carbonyl (C=O) groups is 1. The largest absolute Gasteiger partial charge is 0.491 e. The van der Waals surface area contributed by atoms with Crippen LogP contribution in [0, 0.1) is 20.8 Å². The number of ether oxygens (including phenoxy) is 1. The van der Waals surface area contributed by atoms with Gasteiger partial charge < -0.3 is 10.1 Å². The van der Waals surface area contributed by atoms with Crippen LogP contribution in [0.1, 0.15) is 27.0 Å². The van der Waals surface area contributed by atoms with Crippen molar-refractivity contribution in [3.63, 3.8) is 0 Å². The van der Waals surface area contributed by atoms with E-state index in [-0.39, 0.29) is 10.8 Å². The van der Waals surface area contributed by atoms with E-state index in [2.05, 4.69) is 10.0 Å². The number of benzene rings is 3. The molecule has 0 fully saturated rings. The minimum Gasteiger partial charge on any atom is -0.491 e. The molecule has 0 bridgehead atoms. The molecule has 0 spiro atoms. The number of aryl methyl sites for hydroxylation is 3. The molecule has 0 radical (unpaired) electrons. The number of para-hydroxylation sites is 1. The summed E-state index contributed by atoms with van der Waals surface area (Å²) in [5, 5.41) is 2.78. The Morgan fingerprint density at radius 2 is 1.61 bits per heavy atom. The number of carbonyl (C=O) groups excluding carboxylic acids is 1. The van der Waals surface area contributed by atoms with Gasteiger partial charge in [0.1, 0.15) is 12.4 Å². The third-order valence-electron chi connectivity index (χ3n) is 4.79. The van der Waals surface area contributed by atoms with Crippen molar-refractivity contribution in [2.45, 2.75) is 25.7 Å². The molecule has 0 aliphatic carbocycles. The van der Waals surface area contributed by atoms with Crippen molar-refractivity contribution in [3.05, 3.63) is 89.0 Å². The van der Waals surface area contributed by atoms with Crippen LogP contribution < -0.4 is 14.8 Å². The highest BCUT2D eigenvalue weighted by molar-refractivity contribution is 7.92. The summed E-state index contributed by atoms with van der Waals surface area (Å²) in [6.45, 7) is 6.50. The lowest BCUT2D eigenvalue weighted by atomic mass is 10.1. The SMILES string of the molecule is Cc1ccc(OCCNC(=O)c2ccc(S(=O)(=O)Nc3ccccc3C)cc2)c(C)c1. The molecule has 0 heterocycles. The summed E-state index contributed by atoms with van der Waals surface area (Å²) in [6.07, 6.45) is 0. The van der Waals surface area contributed by atoms with E-state index in [1.165, 1.54) is 24.3 Å². The van der Waals surface area contributed by atoms with Gasteiger partial charge in [-0.3, -0.25) is 9.52 Å². The molecule has 0 saturated carbocycles. The number of sulfonamides is 1. The fourth-order valence-electron chi connectivity index (χ4n) is 3.07. The summed E-state index contributed by atoms with van der Waals surface area (Å²) in [6, 6.07) is 18.9. The maximum absolute atomic E-state index is 12.6. The highest BCUT2D eigenvalue weighted by atomic mass is 32.2. The Morgan fingerprint density at radius 3 is 2.29 bits per heavy atom. The lowest BCUT2D eigenvalue weighted by Crippen LogP contribution is -2.28. The highest BCUT2D eigenvalue weighted by Gasteiger charge is 2.16. The number of anilines is 1. The summed E-state index contributed by atoms with van der Waals surface area (Å²) in [5.41, 5.74) is 3.93. The molecule has 0 atom stereocenters. The van der Waals surface area contributed by atoms with Crippen LogP contribution in [0.15, 0.2) is 71.6 Å². The molecule has 162 valence electrons. The highest BCUT2D eigenvalue weighted by Crippen LogP contribution is 2.20. The second-order valence-corrected chi connectivity index (χ2v) is 9.00. The number of rotatable bonds is 8. The Bertz CT molecular complexity index is 1170. The Kier molecular flexibility index (Phi) is 6.97. The number of nitrogens with one attached hydrogen (secondary N) is 2. The number of hydrogen-bond donors (Lipinski definition) is 2. The van der Waals surface area contributed by atoms with E-state index < -0.39 is 10.0 Å². The van der Waals surface area contributed by atoms with Gasteiger partial charge in [0.25, 0.3) is 15.9 Å². The average molecular weight is 439 g/mol. The predicted molar refractivity (Wildman–Crippen MR) is 122 cm³/mol. The van der Waals surface area contributed by atoms with Gasteiger partial charge in [0, 0.05) is 5.56 Å². The second kappa shape index (κ2) is 9.66. The zero-order chi connectivity index (χ0) is 22.4. The average Bonchev–Trinajstić information content (AvgIpc) is 2.74. The zero-order valence-electron chi connectivity index (χ0n) is 17.8. The molecular weight excluding hydrogens is 412 g/mol. The van der Waals surface area contributed by atoms with E-state index in [1.54, 1.807) is 12.1 Å². The molecule has 6 nitrogen and oxygen atoms in total. The van der Waals surface area contributed by atoms with Gasteiger partial charge in [-0.25, -0.2) is 8.42 Å². The van der Waals surface area contributed by atoms with Gasteiger partial charge in [-0.2, -0.15) is 0 Å². The fraction of sp³-hybridized carbons (Fsp3) is 0.208. The first-order chi connectivity index (χ1) is 14.8. The molecule has 0 unspecified atom stereocenters. The lowest BCUT2D eigenvalue weighted by molar-refractivity contribution is 0.0947. The van der Waals surface area contributed by atoms with Crippen LogP contribution >= 0.6 is 0 Å². The molecule has 0 aliphatic rings. The molecular formula is C24H26N2O4S. The van der Waals surface area contributed by atoms with Crippen molar-refractivity contribution in [1.29, 1.82) is 0 Å². The zero-order valence-corrected chi connectivity index (χ0v) is 18.6. The standard InChI is InChI=1S/C24H26N2O4S/c1-17-8-13-23(19(3)16-17)30-15-14-25-24(27)20-9-11-21(12-10-20)31(28,29)26-22-7-5-4-6-18(22)2/h4-13,16,26H,14-15H2,1-3H3,(H,25,27). The van der Waals surface area contributed by atoms with Gasteiger partial charge in [0.05, 0.1) is 17.1 Å². The quantitative estimate of drug-likeness (QED) is 0.516. The van der Waals surface area contributed by atoms with Gasteiger partial charge in [-0.1, -0.05) is 35.9 Å². The van der Waals surface area contributed by atoms with Crippen molar-refractivity contribution in [1.82, 2.24) is 5.32 Å². The van der Waals surface area contributed by atoms with Crippen LogP contribution in [-0.2, 0) is 10.0 Å². The van der Waals surface area contributed by atoms with Crippen LogP contribution in [0.2, 0.25) is 0 Å². The minimum absolute atomic E-state index is 0.0884. The van der Waals surface area contributed by atoms with Crippen molar-refractivity contribution in [2.24, 2.45) is 0 Å². The van der Waals surface area contributed by atoms with Gasteiger partial charge in [-0.05, 0) is 68.3 Å². The summed E-state index contributed by atoms with van der Waals surface area (Å²) >= 11 is 0. The lowest BCUT2D eigenvalue weighted by Gasteiger charge is -2.12. The summed E-state index contributed by atoms with van der Waals surface area (Å²) < 4.78 is 33.5. The monoisotopic (exact) mass is 438 g/mol. The van der Waals surface area contributed by atoms with Crippen molar-refractivity contribution >= 4 is 21.6 Å². The third-order valence-corrected chi connectivity index (χ3v) is 6.17. The van der Waals surface area contributed by atoms with Crippen LogP contribution in [0.3, 0.4) is 0 Å². The normalized spacial score (nSPS) is 11.1. The van der Waals surface area contributed by atoms with Gasteiger partial charge in [0.2, 0.25) is 0 Å². The van der Waals surface area contributed by atoms with Crippen LogP contribution in [0.25, 0.3) is 0 Å². The fourth-order valence-corrected chi connectivity index (χ4v) is 4.20. The molecule has 1 amide bonds. The first-order valence-electron chi connectivity index (χ1n) is 9.93. The first kappa shape index (κ1) is 22.4. The van der Waals surface area contributed by atoms with Crippen LogP contribution in [0.5, 0.6) is 5.75 Å². The Morgan fingerprint density at radius 1 is 0.903 bits per heavy atom. The van der Waals surface area contributed by atoms with E-state index >= 15 is 0 Å². The molecule has 0 aromatic heterocycles. The number of amides is 1. The number of hydrogen-bond acceptors (Lipinski definition) is 4. The molecule has 2 N–H and O–H groups in total. The third kappa shape index (κ3) is 5.86. The van der Waals surface area contributed by atoms with Crippen molar-refractivity contribution in [3.8, 4) is 5.75 Å². The van der Waals surface area contributed by atoms with Crippen LogP contribution in [-0.4, -0.2) is 27.5 Å². The first-order valence-corrected chi connectivity index (χ1v) is 11.4. The summed E-state index contributed by atoms with van der Waals surface area (Å²) in [5.74, 6) is 0.496. The van der Waals surface area contributed by atoms with Crippen molar-refractivity contribution < 1.29 is 17.9 Å². The smallest absolute Gasteiger partial charge is 0.261 e. The minimum atomic E-state index is -3.74. The molecule has 0 saturated heterocycles. The van der Waals surface area contributed by atoms with Gasteiger partial charge in [0.15, 0.2) is 0 Å². The van der Waals surface area contributed by atoms with Gasteiger partial charge >= 0.3 is 0 Å². The van der Waals surface area contributed by atoms with Gasteiger partial charge in [-0.15, -0.1) is 0 Å². The predicted octanol–water partition coefficient (Wildman–Crippen LogP) is 4.22. The Hall–Kier alpha value is -3.32. The Balaban J connectivity index is 1.55. The second-order valence-electron chi connectivity index (χ2n) is 7.32. The summed E-state index contributed by atoms with van der Waals surface area (Å²) in [4.78, 5) is 12.4. The van der Waals surface area contributed by atoms with Crippen molar-refractivity contribution in [2.75, 3.05) is 17.9 Å². The van der Waals surface area contributed by atoms with E-state index in [1.807, 2.05) is 51.1 Å². The molecule has 3 rings (SSSR count). The van der Waals surface area contributed by atoms with E-state index in [0.717, 1.165) is 22.4 Å². The molecule has 7 heteroatoms.